The van der Waals surface area contributed by atoms with E-state index in [4.69, 9.17) is 0 Å². The summed E-state index contributed by atoms with van der Waals surface area (Å²) in [5.41, 5.74) is 0. The molecule has 0 fully saturated rings. The Balaban J connectivity index is 0.000000791. The minimum Gasteiger partial charge on any atom is -0.466 e. The minimum absolute atomic E-state index is 0.148. The van der Waals surface area contributed by atoms with E-state index in [1.54, 1.807) is 6.92 Å². The number of rotatable bonds is 2. The first-order valence-corrected chi connectivity index (χ1v) is 4.10. The second-order valence-electron chi connectivity index (χ2n) is 2.18. The molecule has 1 heterocycles. The molecular weight excluding hydrogens is 199 g/mol. The summed E-state index contributed by atoms with van der Waals surface area (Å²) in [7, 11) is 0. The van der Waals surface area contributed by atoms with Crippen LogP contribution in [0.3, 0.4) is 0 Å². The lowest BCUT2D eigenvalue weighted by molar-refractivity contribution is -0.154. The SMILES string of the molecule is CC.Cc1cc(OCC(F)(F)F)no1. The predicted octanol–water partition coefficient (Wildman–Crippen LogP) is 2.95. The van der Waals surface area contributed by atoms with Crippen molar-refractivity contribution in [1.82, 2.24) is 5.16 Å². The van der Waals surface area contributed by atoms with Gasteiger partial charge in [0.25, 0.3) is 5.88 Å². The van der Waals surface area contributed by atoms with E-state index in [1.807, 2.05) is 13.8 Å². The maximum Gasteiger partial charge on any atom is 0.422 e. The Morgan fingerprint density at radius 2 is 2.00 bits per heavy atom. The maximum atomic E-state index is 11.6. The molecule has 6 heteroatoms. The molecule has 0 radical (unpaired) electrons. The molecule has 1 aromatic heterocycles. The van der Waals surface area contributed by atoms with Crippen LogP contribution < -0.4 is 4.74 Å². The van der Waals surface area contributed by atoms with Gasteiger partial charge in [-0.2, -0.15) is 13.2 Å². The van der Waals surface area contributed by atoms with Crippen molar-refractivity contribution in [2.24, 2.45) is 0 Å². The lowest BCUT2D eigenvalue weighted by Crippen LogP contribution is -2.19. The zero-order valence-corrected chi connectivity index (χ0v) is 8.18. The van der Waals surface area contributed by atoms with Gasteiger partial charge in [0.05, 0.1) is 0 Å². The molecule has 0 saturated heterocycles. The molecule has 0 N–H and O–H groups in total. The van der Waals surface area contributed by atoms with Gasteiger partial charge in [0.2, 0.25) is 0 Å². The number of nitrogens with zero attached hydrogens (tertiary/aromatic N) is 1. The molecule has 1 aromatic rings. The number of hydrogen-bond donors (Lipinski definition) is 0. The summed E-state index contributed by atoms with van der Waals surface area (Å²) in [4.78, 5) is 0. The number of alkyl halides is 3. The van der Waals surface area contributed by atoms with Crippen LogP contribution >= 0.6 is 0 Å². The highest BCUT2D eigenvalue weighted by molar-refractivity contribution is 5.09. The molecule has 82 valence electrons. The van der Waals surface area contributed by atoms with Crippen molar-refractivity contribution >= 4 is 0 Å². The van der Waals surface area contributed by atoms with Gasteiger partial charge in [0.15, 0.2) is 6.61 Å². The van der Waals surface area contributed by atoms with Gasteiger partial charge in [0.1, 0.15) is 5.76 Å². The summed E-state index contributed by atoms with van der Waals surface area (Å²) in [6.07, 6.45) is -4.34. The first-order valence-electron chi connectivity index (χ1n) is 4.10. The Morgan fingerprint density at radius 3 is 2.36 bits per heavy atom. The minimum atomic E-state index is -4.34. The average Bonchev–Trinajstić information content (AvgIpc) is 2.50. The fourth-order valence-corrected chi connectivity index (χ4v) is 0.567. The van der Waals surface area contributed by atoms with E-state index in [-0.39, 0.29) is 5.88 Å². The fraction of sp³-hybridized carbons (Fsp3) is 0.625. The number of aryl methyl sites for hydroxylation is 1. The first kappa shape index (κ1) is 12.8. The second kappa shape index (κ2) is 5.51. The quantitative estimate of drug-likeness (QED) is 0.754. The van der Waals surface area contributed by atoms with E-state index in [0.717, 1.165) is 0 Å². The topological polar surface area (TPSA) is 35.3 Å². The van der Waals surface area contributed by atoms with Crippen molar-refractivity contribution in [3.05, 3.63) is 11.8 Å². The van der Waals surface area contributed by atoms with Crippen molar-refractivity contribution in [2.75, 3.05) is 6.61 Å². The van der Waals surface area contributed by atoms with Gasteiger partial charge >= 0.3 is 6.18 Å². The van der Waals surface area contributed by atoms with Crippen molar-refractivity contribution in [2.45, 2.75) is 26.9 Å². The van der Waals surface area contributed by atoms with Crippen molar-refractivity contribution < 1.29 is 22.4 Å². The Hall–Kier alpha value is -1.20. The third-order valence-electron chi connectivity index (χ3n) is 0.990. The van der Waals surface area contributed by atoms with Gasteiger partial charge in [0, 0.05) is 6.07 Å². The third kappa shape index (κ3) is 5.45. The first-order chi connectivity index (χ1) is 6.47. The molecule has 0 saturated carbocycles. The molecular formula is C8H12F3NO2. The highest BCUT2D eigenvalue weighted by atomic mass is 19.4. The highest BCUT2D eigenvalue weighted by Crippen LogP contribution is 2.17. The monoisotopic (exact) mass is 211 g/mol. The van der Waals surface area contributed by atoms with Gasteiger partial charge in [-0.1, -0.05) is 13.8 Å². The molecule has 0 aromatic carbocycles. The van der Waals surface area contributed by atoms with Crippen LogP contribution in [0.2, 0.25) is 0 Å². The molecule has 0 amide bonds. The summed E-state index contributed by atoms with van der Waals surface area (Å²) in [6.45, 7) is 4.21. The average molecular weight is 211 g/mol. The fourth-order valence-electron chi connectivity index (χ4n) is 0.567. The lowest BCUT2D eigenvalue weighted by Gasteiger charge is -2.04. The van der Waals surface area contributed by atoms with Crippen molar-refractivity contribution in [3.63, 3.8) is 0 Å². The molecule has 0 unspecified atom stereocenters. The van der Waals surface area contributed by atoms with E-state index >= 15 is 0 Å². The van der Waals surface area contributed by atoms with Crippen LogP contribution in [0.4, 0.5) is 13.2 Å². The molecule has 0 spiro atoms. The molecule has 0 aliphatic heterocycles. The number of hydrogen-bond acceptors (Lipinski definition) is 3. The summed E-state index contributed by atoms with van der Waals surface area (Å²) >= 11 is 0. The Kier molecular flexibility index (Phi) is 5.04. The lowest BCUT2D eigenvalue weighted by atomic mass is 10.5. The van der Waals surface area contributed by atoms with E-state index in [0.29, 0.717) is 5.76 Å². The van der Waals surface area contributed by atoms with Gasteiger partial charge in [-0.15, -0.1) is 0 Å². The van der Waals surface area contributed by atoms with Gasteiger partial charge in [-0.05, 0) is 12.1 Å². The van der Waals surface area contributed by atoms with E-state index < -0.39 is 12.8 Å². The largest absolute Gasteiger partial charge is 0.466 e. The van der Waals surface area contributed by atoms with Crippen LogP contribution in [-0.4, -0.2) is 17.9 Å². The van der Waals surface area contributed by atoms with Crippen LogP contribution in [0.1, 0.15) is 19.6 Å². The zero-order chi connectivity index (χ0) is 11.2. The Bertz CT molecular complexity index is 257. The molecule has 0 aliphatic carbocycles. The Labute approximate surface area is 79.8 Å². The normalized spacial score (nSPS) is 10.4. The van der Waals surface area contributed by atoms with Crippen LogP contribution in [0.25, 0.3) is 0 Å². The third-order valence-corrected chi connectivity index (χ3v) is 0.990. The Morgan fingerprint density at radius 1 is 1.43 bits per heavy atom. The van der Waals surface area contributed by atoms with Gasteiger partial charge in [-0.3, -0.25) is 0 Å². The molecule has 0 bridgehead atoms. The van der Waals surface area contributed by atoms with Crippen LogP contribution in [0, 0.1) is 6.92 Å². The summed E-state index contributed by atoms with van der Waals surface area (Å²) in [6, 6.07) is 1.28. The van der Waals surface area contributed by atoms with Crippen LogP contribution in [-0.2, 0) is 0 Å². The number of halogens is 3. The van der Waals surface area contributed by atoms with Crippen molar-refractivity contribution in [1.29, 1.82) is 0 Å². The van der Waals surface area contributed by atoms with E-state index in [9.17, 15) is 13.2 Å². The van der Waals surface area contributed by atoms with E-state index in [1.165, 1.54) is 6.07 Å². The van der Waals surface area contributed by atoms with Crippen LogP contribution in [0.15, 0.2) is 10.6 Å². The molecule has 3 nitrogen and oxygen atoms in total. The molecule has 0 aliphatic rings. The van der Waals surface area contributed by atoms with Gasteiger partial charge in [-0.25, -0.2) is 0 Å². The van der Waals surface area contributed by atoms with E-state index in [2.05, 4.69) is 14.4 Å². The number of ether oxygens (including phenoxy) is 1. The summed E-state index contributed by atoms with van der Waals surface area (Å²) in [5.74, 6) is 0.261. The zero-order valence-electron chi connectivity index (χ0n) is 8.18. The molecule has 14 heavy (non-hydrogen) atoms. The highest BCUT2D eigenvalue weighted by Gasteiger charge is 2.28. The van der Waals surface area contributed by atoms with Crippen molar-refractivity contribution in [3.8, 4) is 5.88 Å². The predicted molar refractivity (Wildman–Crippen MR) is 44.1 cm³/mol. The second-order valence-corrected chi connectivity index (χ2v) is 2.18. The summed E-state index contributed by atoms with van der Waals surface area (Å²) in [5, 5.41) is 3.22. The smallest absolute Gasteiger partial charge is 0.422 e. The van der Waals surface area contributed by atoms with Crippen LogP contribution in [0.5, 0.6) is 5.88 Å². The summed E-state index contributed by atoms with van der Waals surface area (Å²) < 4.78 is 43.4. The standard InChI is InChI=1S/C6H6F3NO2.C2H6/c1-4-2-5(10-12-4)11-3-6(7,8)9;1-2/h2H,3H2,1H3;1-2H3. The van der Waals surface area contributed by atoms with Gasteiger partial charge < -0.3 is 9.26 Å². The maximum absolute atomic E-state index is 11.6. The molecule has 0 atom stereocenters. The molecule has 1 rings (SSSR count). The number of aromatic nitrogens is 1.